The van der Waals surface area contributed by atoms with Crippen molar-refractivity contribution in [3.8, 4) is 0 Å². The smallest absolute Gasteiger partial charge is 0.303 e. The van der Waals surface area contributed by atoms with Crippen LogP contribution in [0.5, 0.6) is 0 Å². The summed E-state index contributed by atoms with van der Waals surface area (Å²) in [5.41, 5.74) is 0.938. The number of carboxylic acids is 1. The van der Waals surface area contributed by atoms with Gasteiger partial charge in [0.05, 0.1) is 0 Å². The quantitative estimate of drug-likeness (QED) is 0.834. The SMILES string of the molecule is COC(c1ccccc1)c1noc(CCCC(=O)O)n1. The molecular weight excluding hydrogens is 260 g/mol. The molecule has 20 heavy (non-hydrogen) atoms. The second kappa shape index (κ2) is 6.81. The number of rotatable bonds is 7. The summed E-state index contributed by atoms with van der Waals surface area (Å²) in [5, 5.41) is 12.5. The molecule has 2 rings (SSSR count). The lowest BCUT2D eigenvalue weighted by Crippen LogP contribution is -2.05. The normalized spacial score (nSPS) is 12.2. The second-order valence-corrected chi connectivity index (χ2v) is 4.32. The van der Waals surface area contributed by atoms with E-state index in [0.29, 0.717) is 24.6 Å². The Morgan fingerprint density at radius 1 is 1.40 bits per heavy atom. The van der Waals surface area contributed by atoms with E-state index in [9.17, 15) is 4.79 Å². The van der Waals surface area contributed by atoms with Crippen molar-refractivity contribution in [2.45, 2.75) is 25.4 Å². The Labute approximate surface area is 116 Å². The summed E-state index contributed by atoms with van der Waals surface area (Å²) < 4.78 is 10.5. The number of carbonyl (C=O) groups is 1. The molecule has 0 aliphatic carbocycles. The van der Waals surface area contributed by atoms with Crippen molar-refractivity contribution in [1.82, 2.24) is 10.1 Å². The molecule has 1 atom stereocenters. The van der Waals surface area contributed by atoms with Gasteiger partial charge >= 0.3 is 5.97 Å². The van der Waals surface area contributed by atoms with Gasteiger partial charge in [-0.3, -0.25) is 4.79 Å². The summed E-state index contributed by atoms with van der Waals surface area (Å²) >= 11 is 0. The predicted octanol–water partition coefficient (Wildman–Crippen LogP) is 2.21. The number of benzene rings is 1. The number of aliphatic carboxylic acids is 1. The Kier molecular flexibility index (Phi) is 4.84. The monoisotopic (exact) mass is 276 g/mol. The third-order valence-electron chi connectivity index (χ3n) is 2.84. The highest BCUT2D eigenvalue weighted by molar-refractivity contribution is 5.66. The average molecular weight is 276 g/mol. The fourth-order valence-corrected chi connectivity index (χ4v) is 1.89. The van der Waals surface area contributed by atoms with E-state index in [2.05, 4.69) is 10.1 Å². The molecule has 6 heteroatoms. The molecule has 0 saturated heterocycles. The lowest BCUT2D eigenvalue weighted by Gasteiger charge is -2.10. The highest BCUT2D eigenvalue weighted by atomic mass is 16.5. The minimum Gasteiger partial charge on any atom is -0.481 e. The second-order valence-electron chi connectivity index (χ2n) is 4.32. The maximum atomic E-state index is 10.4. The lowest BCUT2D eigenvalue weighted by atomic mass is 10.1. The third kappa shape index (κ3) is 3.64. The van der Waals surface area contributed by atoms with Crippen LogP contribution in [0.1, 0.15) is 36.2 Å². The van der Waals surface area contributed by atoms with Crippen molar-refractivity contribution in [2.24, 2.45) is 0 Å². The van der Waals surface area contributed by atoms with Crippen molar-refractivity contribution >= 4 is 5.97 Å². The molecule has 0 bridgehead atoms. The number of hydrogen-bond acceptors (Lipinski definition) is 5. The van der Waals surface area contributed by atoms with Gasteiger partial charge in [0, 0.05) is 20.0 Å². The van der Waals surface area contributed by atoms with Gasteiger partial charge < -0.3 is 14.4 Å². The standard InChI is InChI=1S/C14H16N2O4/c1-19-13(10-6-3-2-4-7-10)14-15-11(20-16-14)8-5-9-12(17)18/h2-4,6-7,13H,5,8-9H2,1H3,(H,17,18). The average Bonchev–Trinajstić information content (AvgIpc) is 2.89. The van der Waals surface area contributed by atoms with Crippen LogP contribution in [0.4, 0.5) is 0 Å². The van der Waals surface area contributed by atoms with Gasteiger partial charge in [0.25, 0.3) is 0 Å². The van der Waals surface area contributed by atoms with E-state index in [-0.39, 0.29) is 12.5 Å². The fourth-order valence-electron chi connectivity index (χ4n) is 1.89. The fraction of sp³-hybridized carbons (Fsp3) is 0.357. The van der Waals surface area contributed by atoms with Crippen molar-refractivity contribution in [1.29, 1.82) is 0 Å². The number of ether oxygens (including phenoxy) is 1. The Morgan fingerprint density at radius 2 is 2.15 bits per heavy atom. The van der Waals surface area contributed by atoms with Crippen LogP contribution in [-0.4, -0.2) is 28.3 Å². The molecule has 0 amide bonds. The first-order chi connectivity index (χ1) is 9.70. The molecule has 1 aromatic carbocycles. The van der Waals surface area contributed by atoms with Crippen LogP contribution < -0.4 is 0 Å². The molecular formula is C14H16N2O4. The van der Waals surface area contributed by atoms with Crippen LogP contribution in [-0.2, 0) is 16.0 Å². The molecule has 1 unspecified atom stereocenters. The number of aryl methyl sites for hydroxylation is 1. The van der Waals surface area contributed by atoms with Crippen molar-refractivity contribution < 1.29 is 19.2 Å². The molecule has 1 heterocycles. The van der Waals surface area contributed by atoms with Gasteiger partial charge in [0.15, 0.2) is 0 Å². The van der Waals surface area contributed by atoms with Gasteiger partial charge in [-0.25, -0.2) is 0 Å². The number of nitrogens with zero attached hydrogens (tertiary/aromatic N) is 2. The Bertz CT molecular complexity index is 553. The molecule has 0 saturated carbocycles. The number of methoxy groups -OCH3 is 1. The molecule has 0 aliphatic heterocycles. The van der Waals surface area contributed by atoms with E-state index < -0.39 is 5.97 Å². The Balaban J connectivity index is 2.05. The molecule has 0 fully saturated rings. The molecule has 6 nitrogen and oxygen atoms in total. The van der Waals surface area contributed by atoms with Crippen LogP contribution in [0.2, 0.25) is 0 Å². The number of carboxylic acid groups (broad SMARTS) is 1. The van der Waals surface area contributed by atoms with Crippen LogP contribution in [0, 0.1) is 0 Å². The minimum absolute atomic E-state index is 0.0874. The van der Waals surface area contributed by atoms with Gasteiger partial charge in [-0.05, 0) is 12.0 Å². The summed E-state index contributed by atoms with van der Waals surface area (Å²) in [6.45, 7) is 0. The molecule has 0 spiro atoms. The van der Waals surface area contributed by atoms with Gasteiger partial charge in [0.1, 0.15) is 6.10 Å². The van der Waals surface area contributed by atoms with E-state index in [1.807, 2.05) is 30.3 Å². The van der Waals surface area contributed by atoms with Gasteiger partial charge in [0.2, 0.25) is 11.7 Å². The zero-order valence-electron chi connectivity index (χ0n) is 11.2. The minimum atomic E-state index is -0.830. The van der Waals surface area contributed by atoms with Gasteiger partial charge in [-0.1, -0.05) is 35.5 Å². The summed E-state index contributed by atoms with van der Waals surface area (Å²) in [5.74, 6) is 0.0482. The predicted molar refractivity (Wildman–Crippen MR) is 70.2 cm³/mol. The summed E-state index contributed by atoms with van der Waals surface area (Å²) in [7, 11) is 1.58. The highest BCUT2D eigenvalue weighted by Crippen LogP contribution is 2.22. The van der Waals surface area contributed by atoms with E-state index >= 15 is 0 Å². The summed E-state index contributed by atoms with van der Waals surface area (Å²) in [6, 6.07) is 9.59. The van der Waals surface area contributed by atoms with Crippen molar-refractivity contribution in [2.75, 3.05) is 7.11 Å². The van der Waals surface area contributed by atoms with Crippen LogP contribution in [0.25, 0.3) is 0 Å². The molecule has 1 aromatic heterocycles. The molecule has 0 radical (unpaired) electrons. The van der Waals surface area contributed by atoms with Crippen LogP contribution in [0.3, 0.4) is 0 Å². The van der Waals surface area contributed by atoms with Crippen LogP contribution in [0.15, 0.2) is 34.9 Å². The van der Waals surface area contributed by atoms with Crippen molar-refractivity contribution in [3.63, 3.8) is 0 Å². The van der Waals surface area contributed by atoms with Gasteiger partial charge in [-0.2, -0.15) is 4.98 Å². The molecule has 0 aliphatic rings. The lowest BCUT2D eigenvalue weighted by molar-refractivity contribution is -0.137. The van der Waals surface area contributed by atoms with Crippen LogP contribution >= 0.6 is 0 Å². The maximum absolute atomic E-state index is 10.4. The Morgan fingerprint density at radius 3 is 2.80 bits per heavy atom. The zero-order valence-corrected chi connectivity index (χ0v) is 11.2. The van der Waals surface area contributed by atoms with Crippen molar-refractivity contribution in [3.05, 3.63) is 47.6 Å². The first kappa shape index (κ1) is 14.2. The number of aromatic nitrogens is 2. The van der Waals surface area contributed by atoms with E-state index in [1.165, 1.54) is 0 Å². The molecule has 1 N–H and O–H groups in total. The highest BCUT2D eigenvalue weighted by Gasteiger charge is 2.19. The van der Waals surface area contributed by atoms with Gasteiger partial charge in [-0.15, -0.1) is 0 Å². The van der Waals surface area contributed by atoms with E-state index in [1.54, 1.807) is 7.11 Å². The maximum Gasteiger partial charge on any atom is 0.303 e. The van der Waals surface area contributed by atoms with E-state index in [4.69, 9.17) is 14.4 Å². The third-order valence-corrected chi connectivity index (χ3v) is 2.84. The Hall–Kier alpha value is -2.21. The van der Waals surface area contributed by atoms with E-state index in [0.717, 1.165) is 5.56 Å². The first-order valence-corrected chi connectivity index (χ1v) is 6.32. The molecule has 2 aromatic rings. The zero-order chi connectivity index (χ0) is 14.4. The molecule has 106 valence electrons. The largest absolute Gasteiger partial charge is 0.481 e. The summed E-state index contributed by atoms with van der Waals surface area (Å²) in [4.78, 5) is 14.7. The number of hydrogen-bond donors (Lipinski definition) is 1. The topological polar surface area (TPSA) is 85.5 Å². The first-order valence-electron chi connectivity index (χ1n) is 6.32. The summed E-state index contributed by atoms with van der Waals surface area (Å²) in [6.07, 6.45) is 0.627.